The van der Waals surface area contributed by atoms with Gasteiger partial charge in [0, 0.05) is 50.3 Å². The highest BCUT2D eigenvalue weighted by Gasteiger charge is 2.45. The van der Waals surface area contributed by atoms with Crippen molar-refractivity contribution in [1.29, 1.82) is 0 Å². The maximum Gasteiger partial charge on any atom is 0.222 e. The minimum absolute atomic E-state index is 0.00830. The molecule has 1 spiro atoms. The first-order chi connectivity index (χ1) is 13.7. The molecule has 1 fully saturated rings. The van der Waals surface area contributed by atoms with Gasteiger partial charge in [-0.15, -0.1) is 0 Å². The molecular weight excluding hydrogens is 352 g/mol. The number of nitrogens with zero attached hydrogens (tertiary/aromatic N) is 4. The van der Waals surface area contributed by atoms with Crippen molar-refractivity contribution >= 4 is 5.91 Å². The van der Waals surface area contributed by atoms with Crippen LogP contribution in [0.5, 0.6) is 0 Å². The highest BCUT2D eigenvalue weighted by atomic mass is 16.2. The topological polar surface area (TPSA) is 80.9 Å². The quantitative estimate of drug-likeness (QED) is 0.850. The number of hydrogen-bond donors (Lipinski definition) is 2. The van der Waals surface area contributed by atoms with Gasteiger partial charge in [0.25, 0.3) is 0 Å². The zero-order chi connectivity index (χ0) is 19.1. The van der Waals surface area contributed by atoms with Gasteiger partial charge in [0.05, 0.1) is 23.3 Å². The monoisotopic (exact) mass is 382 g/mol. The van der Waals surface area contributed by atoms with Crippen LogP contribution in [0, 0.1) is 0 Å². The average Bonchev–Trinajstić information content (AvgIpc) is 3.37. The first-order valence-corrected chi connectivity index (χ1v) is 10.7. The molecule has 1 aliphatic carbocycles. The normalized spacial score (nSPS) is 21.5. The summed E-state index contributed by atoms with van der Waals surface area (Å²) in [5, 5.41) is 7.69. The summed E-state index contributed by atoms with van der Waals surface area (Å²) in [6.07, 6.45) is 10.8. The zero-order valence-corrected chi connectivity index (χ0v) is 16.8. The van der Waals surface area contributed by atoms with Crippen LogP contribution >= 0.6 is 0 Å². The van der Waals surface area contributed by atoms with Crippen LogP contribution in [-0.4, -0.2) is 62.6 Å². The molecule has 0 atom stereocenters. The standard InChI is InChI=1S/C21H30N6O/c1-26-11-8-18-20(23-14-22-18)21(26)9-12-27(13-10-21)19(28)7-6-17-15-4-2-3-5-16(15)24-25-17/h14H,2-13H2,1H3,(H,22,23)(H,24,25). The van der Waals surface area contributed by atoms with Gasteiger partial charge in [-0.1, -0.05) is 0 Å². The van der Waals surface area contributed by atoms with E-state index in [1.165, 1.54) is 35.5 Å². The zero-order valence-electron chi connectivity index (χ0n) is 16.8. The van der Waals surface area contributed by atoms with Crippen molar-refractivity contribution in [1.82, 2.24) is 30.0 Å². The Morgan fingerprint density at radius 1 is 1.14 bits per heavy atom. The Bertz CT molecular complexity index is 860. The van der Waals surface area contributed by atoms with Gasteiger partial charge in [-0.2, -0.15) is 5.10 Å². The van der Waals surface area contributed by atoms with Crippen LogP contribution in [0.15, 0.2) is 6.33 Å². The number of carbonyl (C=O) groups is 1. The average molecular weight is 383 g/mol. The lowest BCUT2D eigenvalue weighted by Gasteiger charge is -2.49. The second kappa shape index (κ2) is 7.03. The molecule has 7 heteroatoms. The summed E-state index contributed by atoms with van der Waals surface area (Å²) >= 11 is 0. The lowest BCUT2D eigenvalue weighted by atomic mass is 9.79. The Kier molecular flexibility index (Phi) is 4.50. The second-order valence-corrected chi connectivity index (χ2v) is 8.65. The van der Waals surface area contributed by atoms with Gasteiger partial charge in [0.15, 0.2) is 0 Å². The van der Waals surface area contributed by atoms with Crippen LogP contribution in [0.3, 0.4) is 0 Å². The molecule has 5 rings (SSSR count). The predicted octanol–water partition coefficient (Wildman–Crippen LogP) is 1.95. The van der Waals surface area contributed by atoms with Crippen molar-refractivity contribution < 1.29 is 4.79 Å². The van der Waals surface area contributed by atoms with E-state index in [4.69, 9.17) is 0 Å². The van der Waals surface area contributed by atoms with E-state index in [1.54, 1.807) is 0 Å². The molecule has 2 aliphatic heterocycles. The summed E-state index contributed by atoms with van der Waals surface area (Å²) in [5.41, 5.74) is 6.27. The number of fused-ring (bicyclic) bond motifs is 3. The Labute approximate surface area is 165 Å². The van der Waals surface area contributed by atoms with Crippen molar-refractivity contribution in [3.63, 3.8) is 0 Å². The van der Waals surface area contributed by atoms with E-state index in [1.807, 2.05) is 6.33 Å². The third kappa shape index (κ3) is 2.87. The molecule has 1 amide bonds. The summed E-state index contributed by atoms with van der Waals surface area (Å²) in [6, 6.07) is 0. The Hall–Kier alpha value is -2.15. The predicted molar refractivity (Wildman–Crippen MR) is 106 cm³/mol. The number of nitrogens with one attached hydrogen (secondary N) is 2. The maximum atomic E-state index is 12.9. The molecule has 2 aromatic heterocycles. The lowest BCUT2D eigenvalue weighted by molar-refractivity contribution is -0.134. The number of amides is 1. The fourth-order valence-electron chi connectivity index (χ4n) is 5.47. The van der Waals surface area contributed by atoms with Crippen molar-refractivity contribution in [3.05, 3.63) is 34.7 Å². The molecule has 0 bridgehead atoms. The maximum absolute atomic E-state index is 12.9. The number of piperidine rings is 1. The fraction of sp³-hybridized carbons (Fsp3) is 0.667. The molecule has 3 aliphatic rings. The van der Waals surface area contributed by atoms with Crippen LogP contribution in [-0.2, 0) is 36.0 Å². The van der Waals surface area contributed by atoms with E-state index in [0.717, 1.165) is 63.9 Å². The van der Waals surface area contributed by atoms with Crippen LogP contribution in [0.1, 0.15) is 60.4 Å². The number of imidazole rings is 1. The molecular formula is C21H30N6O. The second-order valence-electron chi connectivity index (χ2n) is 8.65. The molecule has 150 valence electrons. The number of rotatable bonds is 3. The van der Waals surface area contributed by atoms with Gasteiger partial charge in [-0.3, -0.25) is 14.8 Å². The number of aromatic nitrogens is 4. The van der Waals surface area contributed by atoms with Gasteiger partial charge in [-0.25, -0.2) is 4.98 Å². The van der Waals surface area contributed by atoms with Crippen molar-refractivity contribution in [3.8, 4) is 0 Å². The van der Waals surface area contributed by atoms with E-state index in [0.29, 0.717) is 6.42 Å². The smallest absolute Gasteiger partial charge is 0.222 e. The van der Waals surface area contributed by atoms with Gasteiger partial charge < -0.3 is 9.88 Å². The molecule has 0 unspecified atom stereocenters. The van der Waals surface area contributed by atoms with E-state index in [2.05, 4.69) is 37.0 Å². The molecule has 2 aromatic rings. The van der Waals surface area contributed by atoms with Crippen LogP contribution < -0.4 is 0 Å². The summed E-state index contributed by atoms with van der Waals surface area (Å²) in [7, 11) is 2.20. The van der Waals surface area contributed by atoms with Crippen LogP contribution in [0.4, 0.5) is 0 Å². The van der Waals surface area contributed by atoms with Gasteiger partial charge in [-0.05, 0) is 51.1 Å². The largest absolute Gasteiger partial charge is 0.348 e. The SMILES string of the molecule is CN1CCc2[nH]cnc2C12CCN(C(=O)CCc1n[nH]c3c1CCCC3)CC2. The summed E-state index contributed by atoms with van der Waals surface area (Å²) in [5.74, 6) is 0.267. The third-order valence-corrected chi connectivity index (χ3v) is 7.25. The molecule has 4 heterocycles. The first kappa shape index (κ1) is 17.9. The van der Waals surface area contributed by atoms with E-state index < -0.39 is 0 Å². The van der Waals surface area contributed by atoms with E-state index in [9.17, 15) is 4.79 Å². The molecule has 0 saturated carbocycles. The highest BCUT2D eigenvalue weighted by molar-refractivity contribution is 5.76. The molecule has 1 saturated heterocycles. The van der Waals surface area contributed by atoms with E-state index >= 15 is 0 Å². The first-order valence-electron chi connectivity index (χ1n) is 10.7. The number of carbonyl (C=O) groups excluding carboxylic acids is 1. The van der Waals surface area contributed by atoms with Gasteiger partial charge in [0.2, 0.25) is 5.91 Å². The number of aryl methyl sites for hydroxylation is 2. The van der Waals surface area contributed by atoms with Crippen molar-refractivity contribution in [2.24, 2.45) is 0 Å². The molecule has 0 aromatic carbocycles. The molecule has 2 N–H and O–H groups in total. The third-order valence-electron chi connectivity index (χ3n) is 7.25. The van der Waals surface area contributed by atoms with Crippen molar-refractivity contribution in [2.45, 2.75) is 63.3 Å². The van der Waals surface area contributed by atoms with Gasteiger partial charge in [0.1, 0.15) is 0 Å². The van der Waals surface area contributed by atoms with Crippen molar-refractivity contribution in [2.75, 3.05) is 26.7 Å². The Morgan fingerprint density at radius 3 is 2.82 bits per heavy atom. The molecule has 7 nitrogen and oxygen atoms in total. The number of likely N-dealkylation sites (tertiary alicyclic amines) is 1. The fourth-order valence-corrected chi connectivity index (χ4v) is 5.47. The summed E-state index contributed by atoms with van der Waals surface area (Å²) in [6.45, 7) is 2.68. The minimum Gasteiger partial charge on any atom is -0.348 e. The highest BCUT2D eigenvalue weighted by Crippen LogP contribution is 2.41. The van der Waals surface area contributed by atoms with Gasteiger partial charge >= 0.3 is 0 Å². The Morgan fingerprint density at radius 2 is 1.96 bits per heavy atom. The number of likely N-dealkylation sites (N-methyl/N-ethyl adjacent to an activating group) is 1. The summed E-state index contributed by atoms with van der Waals surface area (Å²) < 4.78 is 0. The lowest BCUT2D eigenvalue weighted by Crippen LogP contribution is -2.55. The minimum atomic E-state index is -0.00830. The Balaban J connectivity index is 1.22. The van der Waals surface area contributed by atoms with Crippen LogP contribution in [0.25, 0.3) is 0 Å². The molecule has 28 heavy (non-hydrogen) atoms. The van der Waals surface area contributed by atoms with E-state index in [-0.39, 0.29) is 11.4 Å². The van der Waals surface area contributed by atoms with Crippen LogP contribution in [0.2, 0.25) is 0 Å². The number of aromatic amines is 2. The number of hydrogen-bond acceptors (Lipinski definition) is 4. The number of H-pyrrole nitrogens is 2. The molecule has 0 radical (unpaired) electrons. The summed E-state index contributed by atoms with van der Waals surface area (Å²) in [4.78, 5) is 25.3.